The van der Waals surface area contributed by atoms with Gasteiger partial charge in [-0.15, -0.1) is 0 Å². The summed E-state index contributed by atoms with van der Waals surface area (Å²) >= 11 is 0. The van der Waals surface area contributed by atoms with Gasteiger partial charge in [0, 0.05) is 6.04 Å². The Labute approximate surface area is 76.9 Å². The molecule has 1 heteroatoms. The fraction of sp³-hybridized carbons (Fsp3) is 1.00. The molecule has 0 aromatic rings. The molecule has 1 N–H and O–H groups in total. The number of hydrogen-bond donors (Lipinski definition) is 1. The molecule has 2 unspecified atom stereocenters. The van der Waals surface area contributed by atoms with Crippen molar-refractivity contribution < 1.29 is 0 Å². The van der Waals surface area contributed by atoms with Gasteiger partial charge in [-0.3, -0.25) is 0 Å². The first-order valence-electron chi connectivity index (χ1n) is 5.50. The maximum absolute atomic E-state index is 3.45. The Kier molecular flexibility index (Phi) is 4.07. The Balaban J connectivity index is 2.40. The second kappa shape index (κ2) is 4.86. The molecule has 1 nitrogen and oxygen atoms in total. The SMILES string of the molecule is CCC(NC)C(CC)C1CCC1. The van der Waals surface area contributed by atoms with E-state index in [1.54, 1.807) is 0 Å². The van der Waals surface area contributed by atoms with Crippen molar-refractivity contribution in [2.24, 2.45) is 11.8 Å². The molecule has 72 valence electrons. The quantitative estimate of drug-likeness (QED) is 0.667. The van der Waals surface area contributed by atoms with Crippen LogP contribution in [0.1, 0.15) is 46.0 Å². The van der Waals surface area contributed by atoms with Crippen LogP contribution >= 0.6 is 0 Å². The van der Waals surface area contributed by atoms with Gasteiger partial charge in [0.15, 0.2) is 0 Å². The standard InChI is InChI=1S/C11H23N/c1-4-10(9-7-6-8-9)11(5-2)12-3/h9-12H,4-8H2,1-3H3. The molecule has 0 aromatic heterocycles. The summed E-state index contributed by atoms with van der Waals surface area (Å²) in [4.78, 5) is 0. The molecule has 1 aliphatic rings. The van der Waals surface area contributed by atoms with Crippen molar-refractivity contribution in [3.8, 4) is 0 Å². The van der Waals surface area contributed by atoms with Crippen LogP contribution in [0.2, 0.25) is 0 Å². The van der Waals surface area contributed by atoms with Crippen molar-refractivity contribution in [2.45, 2.75) is 52.0 Å². The zero-order valence-corrected chi connectivity index (χ0v) is 8.77. The van der Waals surface area contributed by atoms with Gasteiger partial charge in [0.2, 0.25) is 0 Å². The summed E-state index contributed by atoms with van der Waals surface area (Å²) in [5.41, 5.74) is 0. The number of rotatable bonds is 5. The van der Waals surface area contributed by atoms with Crippen LogP contribution in [0.15, 0.2) is 0 Å². The fourth-order valence-corrected chi connectivity index (χ4v) is 2.54. The highest BCUT2D eigenvalue weighted by Crippen LogP contribution is 2.37. The summed E-state index contributed by atoms with van der Waals surface area (Å²) in [5, 5.41) is 3.45. The Morgan fingerprint density at radius 1 is 1.25 bits per heavy atom. The van der Waals surface area contributed by atoms with E-state index in [0.717, 1.165) is 17.9 Å². The average Bonchev–Trinajstić information content (AvgIpc) is 2.01. The third kappa shape index (κ3) is 2.01. The number of hydrogen-bond acceptors (Lipinski definition) is 1. The Hall–Kier alpha value is -0.0400. The molecule has 1 aliphatic carbocycles. The Morgan fingerprint density at radius 3 is 2.17 bits per heavy atom. The third-order valence-corrected chi connectivity index (χ3v) is 3.55. The first kappa shape index (κ1) is 10.0. The van der Waals surface area contributed by atoms with Crippen molar-refractivity contribution in [1.29, 1.82) is 0 Å². The van der Waals surface area contributed by atoms with Gasteiger partial charge in [-0.25, -0.2) is 0 Å². The topological polar surface area (TPSA) is 12.0 Å². The highest BCUT2D eigenvalue weighted by atomic mass is 14.9. The van der Waals surface area contributed by atoms with Crippen molar-refractivity contribution in [3.63, 3.8) is 0 Å². The minimum Gasteiger partial charge on any atom is -0.317 e. The summed E-state index contributed by atoms with van der Waals surface area (Å²) in [6.07, 6.45) is 7.07. The van der Waals surface area contributed by atoms with E-state index in [2.05, 4.69) is 26.2 Å². The van der Waals surface area contributed by atoms with E-state index < -0.39 is 0 Å². The van der Waals surface area contributed by atoms with E-state index in [0.29, 0.717) is 0 Å². The van der Waals surface area contributed by atoms with E-state index in [1.165, 1.54) is 32.1 Å². The van der Waals surface area contributed by atoms with E-state index in [-0.39, 0.29) is 0 Å². The fourth-order valence-electron chi connectivity index (χ4n) is 2.54. The van der Waals surface area contributed by atoms with Gasteiger partial charge in [-0.05, 0) is 25.3 Å². The van der Waals surface area contributed by atoms with Gasteiger partial charge < -0.3 is 5.32 Å². The molecule has 0 bridgehead atoms. The van der Waals surface area contributed by atoms with Crippen molar-refractivity contribution >= 4 is 0 Å². The molecule has 12 heavy (non-hydrogen) atoms. The molecule has 0 amide bonds. The molecule has 1 rings (SSSR count). The van der Waals surface area contributed by atoms with Gasteiger partial charge in [-0.1, -0.05) is 39.5 Å². The minimum atomic E-state index is 0.764. The molecule has 0 saturated heterocycles. The highest BCUT2D eigenvalue weighted by molar-refractivity contribution is 4.84. The van der Waals surface area contributed by atoms with Crippen LogP contribution in [0.4, 0.5) is 0 Å². The maximum Gasteiger partial charge on any atom is 0.00922 e. The smallest absolute Gasteiger partial charge is 0.00922 e. The molecule has 0 aromatic carbocycles. The van der Waals surface area contributed by atoms with Crippen molar-refractivity contribution in [1.82, 2.24) is 5.32 Å². The van der Waals surface area contributed by atoms with Crippen LogP contribution < -0.4 is 5.32 Å². The summed E-state index contributed by atoms with van der Waals surface area (Å²) in [6.45, 7) is 4.63. The van der Waals surface area contributed by atoms with Crippen LogP contribution in [-0.4, -0.2) is 13.1 Å². The molecule has 1 saturated carbocycles. The van der Waals surface area contributed by atoms with Gasteiger partial charge in [-0.2, -0.15) is 0 Å². The first-order chi connectivity index (χ1) is 5.83. The van der Waals surface area contributed by atoms with Crippen molar-refractivity contribution in [2.75, 3.05) is 7.05 Å². The molecular formula is C11H23N. The zero-order chi connectivity index (χ0) is 8.97. The summed E-state index contributed by atoms with van der Waals surface area (Å²) in [6, 6.07) is 0.764. The lowest BCUT2D eigenvalue weighted by atomic mass is 9.71. The molecule has 0 spiro atoms. The number of nitrogens with one attached hydrogen (secondary N) is 1. The second-order valence-corrected chi connectivity index (χ2v) is 4.07. The molecule has 0 aliphatic heterocycles. The predicted molar refractivity (Wildman–Crippen MR) is 54.3 cm³/mol. The van der Waals surface area contributed by atoms with Crippen molar-refractivity contribution in [3.05, 3.63) is 0 Å². The van der Waals surface area contributed by atoms with Gasteiger partial charge in [0.05, 0.1) is 0 Å². The van der Waals surface area contributed by atoms with Gasteiger partial charge >= 0.3 is 0 Å². The zero-order valence-electron chi connectivity index (χ0n) is 8.77. The molecule has 0 radical (unpaired) electrons. The molecular weight excluding hydrogens is 146 g/mol. The van der Waals surface area contributed by atoms with Crippen LogP contribution in [0.3, 0.4) is 0 Å². The van der Waals surface area contributed by atoms with Crippen LogP contribution in [0.25, 0.3) is 0 Å². The highest BCUT2D eigenvalue weighted by Gasteiger charge is 2.30. The average molecular weight is 169 g/mol. The third-order valence-electron chi connectivity index (χ3n) is 3.55. The van der Waals surface area contributed by atoms with Crippen LogP contribution in [0.5, 0.6) is 0 Å². The normalized spacial score (nSPS) is 23.2. The second-order valence-electron chi connectivity index (χ2n) is 4.07. The van der Waals surface area contributed by atoms with Gasteiger partial charge in [0.25, 0.3) is 0 Å². The molecule has 1 fully saturated rings. The monoisotopic (exact) mass is 169 g/mol. The van der Waals surface area contributed by atoms with Crippen LogP contribution in [-0.2, 0) is 0 Å². The van der Waals surface area contributed by atoms with Crippen LogP contribution in [0, 0.1) is 11.8 Å². The van der Waals surface area contributed by atoms with E-state index in [1.807, 2.05) is 0 Å². The molecule has 2 atom stereocenters. The van der Waals surface area contributed by atoms with E-state index >= 15 is 0 Å². The minimum absolute atomic E-state index is 0.764. The lowest BCUT2D eigenvalue weighted by Crippen LogP contribution is -2.39. The molecule has 0 heterocycles. The first-order valence-corrected chi connectivity index (χ1v) is 5.50. The van der Waals surface area contributed by atoms with E-state index in [9.17, 15) is 0 Å². The summed E-state index contributed by atoms with van der Waals surface area (Å²) in [5.74, 6) is 1.97. The van der Waals surface area contributed by atoms with E-state index in [4.69, 9.17) is 0 Å². The maximum atomic E-state index is 3.45. The lowest BCUT2D eigenvalue weighted by molar-refractivity contribution is 0.157. The summed E-state index contributed by atoms with van der Waals surface area (Å²) < 4.78 is 0. The summed E-state index contributed by atoms with van der Waals surface area (Å²) in [7, 11) is 2.11. The lowest BCUT2D eigenvalue weighted by Gasteiger charge is -2.38. The Bertz CT molecular complexity index is 114. The predicted octanol–water partition coefficient (Wildman–Crippen LogP) is 2.81. The largest absolute Gasteiger partial charge is 0.317 e. The Morgan fingerprint density at radius 2 is 1.92 bits per heavy atom. The van der Waals surface area contributed by atoms with Gasteiger partial charge in [0.1, 0.15) is 0 Å².